The van der Waals surface area contributed by atoms with Gasteiger partial charge >= 0.3 is 0 Å². The lowest BCUT2D eigenvalue weighted by atomic mass is 9.93. The molecule has 0 atom stereocenters. The lowest BCUT2D eigenvalue weighted by molar-refractivity contribution is 0.584. The molecule has 0 unspecified atom stereocenters. The number of hydrogen-bond acceptors (Lipinski definition) is 0. The molecule has 1 aromatic rings. The van der Waals surface area contributed by atoms with Crippen LogP contribution in [0.2, 0.25) is 18.1 Å². The minimum Gasteiger partial charge on any atom is -0.206 e. The van der Waals surface area contributed by atoms with Gasteiger partial charge < -0.3 is 0 Å². The third-order valence-electron chi connectivity index (χ3n) is 4.24. The van der Waals surface area contributed by atoms with Crippen LogP contribution < -0.4 is 0 Å². The minimum atomic E-state index is -0.114. The van der Waals surface area contributed by atoms with E-state index < -0.39 is 0 Å². The van der Waals surface area contributed by atoms with E-state index in [0.717, 1.165) is 0 Å². The Morgan fingerprint density at radius 2 is 2.00 bits per heavy atom. The molecule has 0 N–H and O–H groups in total. The van der Waals surface area contributed by atoms with Crippen molar-refractivity contribution in [1.82, 2.24) is 0 Å². The summed E-state index contributed by atoms with van der Waals surface area (Å²) in [6.45, 7) is 2.27. The summed E-state index contributed by atoms with van der Waals surface area (Å²) in [6, 6.07) is 10.0. The van der Waals surface area contributed by atoms with Crippen LogP contribution in [0.25, 0.3) is 0 Å². The summed E-state index contributed by atoms with van der Waals surface area (Å²) in [5.41, 5.74) is 1.20. The Bertz CT molecular complexity index is 400. The molecule has 1 aliphatic heterocycles. The van der Waals surface area contributed by atoms with Crippen molar-refractivity contribution in [3.63, 3.8) is 0 Å². The molecule has 2 rings (SSSR count). The minimum absolute atomic E-state index is 0.0811. The third-order valence-corrected chi connectivity index (χ3v) is 7.94. The molecule has 0 saturated carbocycles. The van der Waals surface area contributed by atoms with Gasteiger partial charge in [0.25, 0.3) is 0 Å². The predicted molar refractivity (Wildman–Crippen MR) is 85.8 cm³/mol. The van der Waals surface area contributed by atoms with Gasteiger partial charge in [-0.15, -0.1) is 0 Å². The van der Waals surface area contributed by atoms with E-state index in [1.807, 2.05) is 6.07 Å². The molecule has 0 bridgehead atoms. The van der Waals surface area contributed by atoms with Crippen molar-refractivity contribution < 1.29 is 4.39 Å². The number of hydrogen-bond donors (Lipinski definition) is 0. The fraction of sp³-hybridized carbons (Fsp3) is 0.625. The summed E-state index contributed by atoms with van der Waals surface area (Å²) >= 11 is 3.23. The average molecular weight is 342 g/mol. The van der Waals surface area contributed by atoms with E-state index in [0.29, 0.717) is 10.4 Å². The van der Waals surface area contributed by atoms with E-state index in [4.69, 9.17) is 0 Å². The van der Waals surface area contributed by atoms with Crippen LogP contribution in [-0.4, -0.2) is 8.80 Å². The zero-order valence-corrected chi connectivity index (χ0v) is 14.3. The fourth-order valence-corrected chi connectivity index (χ4v) is 6.26. The van der Waals surface area contributed by atoms with Crippen molar-refractivity contribution in [3.05, 3.63) is 34.1 Å². The molecule has 1 aromatic carbocycles. The first kappa shape index (κ1) is 15.2. The molecule has 1 saturated heterocycles. The van der Waals surface area contributed by atoms with Crippen molar-refractivity contribution in [1.29, 1.82) is 0 Å². The molecule has 3 heteroatoms. The molecule has 0 aromatic heterocycles. The average Bonchev–Trinajstić information content (AvgIpc) is 2.43. The van der Waals surface area contributed by atoms with Crippen LogP contribution in [0.15, 0.2) is 22.7 Å². The first-order chi connectivity index (χ1) is 9.20. The number of halogens is 2. The highest BCUT2D eigenvalue weighted by Crippen LogP contribution is 2.36. The highest BCUT2D eigenvalue weighted by molar-refractivity contribution is 9.10. The molecular formula is C16H23BrFSi. The highest BCUT2D eigenvalue weighted by atomic mass is 79.9. The van der Waals surface area contributed by atoms with E-state index in [1.54, 1.807) is 6.07 Å². The predicted octanol–water partition coefficient (Wildman–Crippen LogP) is 6.15. The SMILES string of the molecule is CCCCC[Si]1CCC(c2ccc(Br)c(F)c2)CC1. The standard InChI is InChI=1S/C16H23BrFSi/c1-2-3-4-9-19-10-7-13(8-11-19)14-5-6-15(17)16(18)12-14/h5-6,12-13H,2-4,7-11H2,1H3. The van der Waals surface area contributed by atoms with E-state index in [9.17, 15) is 4.39 Å². The van der Waals surface area contributed by atoms with Crippen molar-refractivity contribution in [3.8, 4) is 0 Å². The first-order valence-corrected chi connectivity index (χ1v) is 10.4. The summed E-state index contributed by atoms with van der Waals surface area (Å²) in [5.74, 6) is 0.485. The second-order valence-electron chi connectivity index (χ2n) is 5.65. The van der Waals surface area contributed by atoms with Crippen molar-refractivity contribution in [2.45, 2.75) is 63.1 Å². The molecule has 1 heterocycles. The van der Waals surface area contributed by atoms with Gasteiger partial charge in [0.2, 0.25) is 0 Å². The lowest BCUT2D eigenvalue weighted by Crippen LogP contribution is -2.20. The highest BCUT2D eigenvalue weighted by Gasteiger charge is 2.23. The monoisotopic (exact) mass is 341 g/mol. The summed E-state index contributed by atoms with van der Waals surface area (Å²) in [4.78, 5) is 0. The fourth-order valence-electron chi connectivity index (χ4n) is 3.00. The van der Waals surface area contributed by atoms with Gasteiger partial charge in [-0.2, -0.15) is 0 Å². The lowest BCUT2D eigenvalue weighted by Gasteiger charge is -2.27. The maximum Gasteiger partial charge on any atom is 0.137 e. The van der Waals surface area contributed by atoms with Crippen LogP contribution in [0.5, 0.6) is 0 Å². The normalized spacial score (nSPS) is 17.8. The van der Waals surface area contributed by atoms with Gasteiger partial charge in [0.15, 0.2) is 0 Å². The maximum absolute atomic E-state index is 13.6. The maximum atomic E-state index is 13.6. The van der Waals surface area contributed by atoms with Crippen LogP contribution in [0, 0.1) is 5.82 Å². The Morgan fingerprint density at radius 1 is 1.26 bits per heavy atom. The topological polar surface area (TPSA) is 0 Å². The number of benzene rings is 1. The molecule has 0 amide bonds. The summed E-state index contributed by atoms with van der Waals surface area (Å²) in [5, 5.41) is 0. The van der Waals surface area contributed by atoms with Gasteiger partial charge in [0.05, 0.1) is 4.47 Å². The van der Waals surface area contributed by atoms with Crippen molar-refractivity contribution in [2.24, 2.45) is 0 Å². The van der Waals surface area contributed by atoms with Gasteiger partial charge in [-0.1, -0.05) is 50.4 Å². The van der Waals surface area contributed by atoms with Gasteiger partial charge in [0, 0.05) is 8.80 Å². The Morgan fingerprint density at radius 3 is 2.63 bits per heavy atom. The zero-order valence-electron chi connectivity index (χ0n) is 11.7. The number of rotatable bonds is 5. The molecule has 1 fully saturated rings. The van der Waals surface area contributed by atoms with Crippen molar-refractivity contribution >= 4 is 24.7 Å². The smallest absolute Gasteiger partial charge is 0.137 e. The summed E-state index contributed by atoms with van der Waals surface area (Å²) in [6.07, 6.45) is 6.72. The quantitative estimate of drug-likeness (QED) is 0.445. The Hall–Kier alpha value is -0.153. The van der Waals surface area contributed by atoms with Crippen LogP contribution in [0.4, 0.5) is 4.39 Å². The summed E-state index contributed by atoms with van der Waals surface area (Å²) < 4.78 is 14.2. The second kappa shape index (κ2) is 7.58. The van der Waals surface area contributed by atoms with Crippen LogP contribution in [0.3, 0.4) is 0 Å². The molecule has 19 heavy (non-hydrogen) atoms. The van der Waals surface area contributed by atoms with Gasteiger partial charge in [-0.05, 0) is 52.4 Å². The Kier molecular flexibility index (Phi) is 6.08. The molecule has 0 nitrogen and oxygen atoms in total. The third kappa shape index (κ3) is 4.42. The molecular weight excluding hydrogens is 319 g/mol. The zero-order chi connectivity index (χ0) is 13.7. The van der Waals surface area contributed by atoms with Crippen LogP contribution >= 0.6 is 15.9 Å². The van der Waals surface area contributed by atoms with E-state index in [1.165, 1.54) is 55.8 Å². The van der Waals surface area contributed by atoms with Gasteiger partial charge in [0.1, 0.15) is 5.82 Å². The van der Waals surface area contributed by atoms with Gasteiger partial charge in [-0.3, -0.25) is 0 Å². The molecule has 0 spiro atoms. The van der Waals surface area contributed by atoms with E-state index in [2.05, 4.69) is 28.9 Å². The van der Waals surface area contributed by atoms with Crippen LogP contribution in [0.1, 0.15) is 50.5 Å². The summed E-state index contributed by atoms with van der Waals surface area (Å²) in [7, 11) is -0.0811. The second-order valence-corrected chi connectivity index (χ2v) is 9.51. The molecule has 105 valence electrons. The molecule has 1 radical (unpaired) electrons. The first-order valence-electron chi connectivity index (χ1n) is 7.49. The van der Waals surface area contributed by atoms with E-state index in [-0.39, 0.29) is 14.6 Å². The van der Waals surface area contributed by atoms with E-state index >= 15 is 0 Å². The number of unbranched alkanes of at least 4 members (excludes halogenated alkanes) is 2. The van der Waals surface area contributed by atoms with Crippen molar-refractivity contribution in [2.75, 3.05) is 0 Å². The molecule has 0 aliphatic carbocycles. The molecule has 1 aliphatic rings. The Labute approximate surface area is 126 Å². The van der Waals surface area contributed by atoms with Gasteiger partial charge in [-0.25, -0.2) is 4.39 Å². The van der Waals surface area contributed by atoms with Crippen LogP contribution in [-0.2, 0) is 0 Å². The largest absolute Gasteiger partial charge is 0.206 e. The Balaban J connectivity index is 1.84.